The Balaban J connectivity index is 1.45. The molecule has 1 N–H and O–H groups in total. The molecule has 0 aliphatic carbocycles. The molecule has 0 spiro atoms. The van der Waals surface area contributed by atoms with E-state index in [2.05, 4.69) is 15.4 Å². The fraction of sp³-hybridized carbons (Fsp3) is 0.0400. The SMILES string of the molecule is O=C(COC(=O)C=Cc1cn(-c2ccccc2)nc1-c1cccnc1)Nc1ccc(F)cc1F. The van der Waals surface area contributed by atoms with Crippen LogP contribution in [0.2, 0.25) is 0 Å². The van der Waals surface area contributed by atoms with Crippen LogP contribution in [0.15, 0.2) is 85.3 Å². The fourth-order valence-electron chi connectivity index (χ4n) is 3.07. The molecule has 9 heteroatoms. The number of hydrogen-bond donors (Lipinski definition) is 1. The minimum atomic E-state index is -0.932. The highest BCUT2D eigenvalue weighted by Crippen LogP contribution is 2.24. The molecule has 0 aliphatic heterocycles. The van der Waals surface area contributed by atoms with E-state index in [0.717, 1.165) is 29.5 Å². The highest BCUT2D eigenvalue weighted by molar-refractivity contribution is 5.95. The summed E-state index contributed by atoms with van der Waals surface area (Å²) in [4.78, 5) is 28.2. The normalized spacial score (nSPS) is 10.9. The third-order valence-electron chi connectivity index (χ3n) is 4.65. The number of para-hydroxylation sites is 1. The van der Waals surface area contributed by atoms with Crippen LogP contribution in [-0.4, -0.2) is 33.2 Å². The topological polar surface area (TPSA) is 86.1 Å². The van der Waals surface area contributed by atoms with E-state index in [1.54, 1.807) is 29.3 Å². The largest absolute Gasteiger partial charge is 0.452 e. The number of ether oxygens (including phenoxy) is 1. The van der Waals surface area contributed by atoms with Gasteiger partial charge in [0.1, 0.15) is 17.3 Å². The number of esters is 1. The minimum Gasteiger partial charge on any atom is -0.452 e. The lowest BCUT2D eigenvalue weighted by Crippen LogP contribution is -2.20. The third-order valence-corrected chi connectivity index (χ3v) is 4.65. The number of amides is 1. The van der Waals surface area contributed by atoms with E-state index in [4.69, 9.17) is 4.74 Å². The van der Waals surface area contributed by atoms with Crippen LogP contribution in [0.3, 0.4) is 0 Å². The molecule has 0 radical (unpaired) electrons. The van der Waals surface area contributed by atoms with Crippen LogP contribution in [-0.2, 0) is 14.3 Å². The molecule has 2 aromatic heterocycles. The van der Waals surface area contributed by atoms with Crippen molar-refractivity contribution < 1.29 is 23.1 Å². The first-order valence-electron chi connectivity index (χ1n) is 10.1. The van der Waals surface area contributed by atoms with Gasteiger partial charge >= 0.3 is 5.97 Å². The molecule has 0 saturated carbocycles. The maximum Gasteiger partial charge on any atom is 0.331 e. The Morgan fingerprint density at radius 3 is 2.62 bits per heavy atom. The number of carbonyl (C=O) groups is 2. The summed E-state index contributed by atoms with van der Waals surface area (Å²) in [5.74, 6) is -3.24. The summed E-state index contributed by atoms with van der Waals surface area (Å²) < 4.78 is 33.2. The van der Waals surface area contributed by atoms with Crippen LogP contribution >= 0.6 is 0 Å². The van der Waals surface area contributed by atoms with E-state index in [-0.39, 0.29) is 5.69 Å². The van der Waals surface area contributed by atoms with Gasteiger partial charge in [0.05, 0.1) is 11.4 Å². The van der Waals surface area contributed by atoms with E-state index >= 15 is 0 Å². The summed E-state index contributed by atoms with van der Waals surface area (Å²) in [6.45, 7) is -0.640. The summed E-state index contributed by atoms with van der Waals surface area (Å²) in [6.07, 6.45) is 7.75. The summed E-state index contributed by atoms with van der Waals surface area (Å²) in [5, 5.41) is 6.83. The Kier molecular flexibility index (Phi) is 6.83. The molecule has 4 aromatic rings. The van der Waals surface area contributed by atoms with E-state index in [1.807, 2.05) is 36.4 Å². The van der Waals surface area contributed by atoms with Crippen molar-refractivity contribution >= 4 is 23.6 Å². The monoisotopic (exact) mass is 460 g/mol. The van der Waals surface area contributed by atoms with Crippen molar-refractivity contribution in [1.29, 1.82) is 0 Å². The quantitative estimate of drug-likeness (QED) is 0.326. The zero-order valence-electron chi connectivity index (χ0n) is 17.7. The molecular weight excluding hydrogens is 442 g/mol. The van der Waals surface area contributed by atoms with Gasteiger partial charge in [0.25, 0.3) is 5.91 Å². The number of carbonyl (C=O) groups excluding carboxylic acids is 2. The van der Waals surface area contributed by atoms with Crippen LogP contribution < -0.4 is 5.32 Å². The first kappa shape index (κ1) is 22.5. The van der Waals surface area contributed by atoms with Gasteiger partial charge in [-0.2, -0.15) is 5.10 Å². The Hall–Kier alpha value is -4.66. The molecule has 34 heavy (non-hydrogen) atoms. The van der Waals surface area contributed by atoms with E-state index in [0.29, 0.717) is 17.3 Å². The van der Waals surface area contributed by atoms with Crippen molar-refractivity contribution in [2.75, 3.05) is 11.9 Å². The fourth-order valence-corrected chi connectivity index (χ4v) is 3.07. The average Bonchev–Trinajstić information content (AvgIpc) is 3.29. The van der Waals surface area contributed by atoms with Crippen LogP contribution in [0, 0.1) is 11.6 Å². The van der Waals surface area contributed by atoms with Gasteiger partial charge < -0.3 is 10.1 Å². The molecule has 0 atom stereocenters. The molecule has 1 amide bonds. The second-order valence-corrected chi connectivity index (χ2v) is 7.07. The van der Waals surface area contributed by atoms with E-state index < -0.39 is 30.1 Å². The van der Waals surface area contributed by atoms with Gasteiger partial charge in [-0.3, -0.25) is 9.78 Å². The number of nitrogens with one attached hydrogen (secondary N) is 1. The highest BCUT2D eigenvalue weighted by atomic mass is 19.1. The molecule has 0 unspecified atom stereocenters. The molecule has 0 aliphatic rings. The van der Waals surface area contributed by atoms with Crippen molar-refractivity contribution in [3.63, 3.8) is 0 Å². The molecule has 2 heterocycles. The number of halogens is 2. The van der Waals surface area contributed by atoms with Gasteiger partial charge in [-0.15, -0.1) is 0 Å². The maximum absolute atomic E-state index is 13.6. The van der Waals surface area contributed by atoms with Gasteiger partial charge in [-0.25, -0.2) is 18.3 Å². The number of rotatable bonds is 7. The lowest BCUT2D eigenvalue weighted by molar-refractivity contribution is -0.142. The second-order valence-electron chi connectivity index (χ2n) is 7.07. The van der Waals surface area contributed by atoms with Crippen LogP contribution in [0.4, 0.5) is 14.5 Å². The molecular formula is C25H18F2N4O3. The highest BCUT2D eigenvalue weighted by Gasteiger charge is 2.13. The molecule has 0 saturated heterocycles. The molecule has 0 bridgehead atoms. The zero-order chi connectivity index (χ0) is 23.9. The number of anilines is 1. The van der Waals surface area contributed by atoms with Gasteiger partial charge in [0.2, 0.25) is 0 Å². The smallest absolute Gasteiger partial charge is 0.331 e. The van der Waals surface area contributed by atoms with Gasteiger partial charge in [0.15, 0.2) is 6.61 Å². The van der Waals surface area contributed by atoms with Gasteiger partial charge in [-0.05, 0) is 42.5 Å². The van der Waals surface area contributed by atoms with Gasteiger partial charge in [-0.1, -0.05) is 18.2 Å². The zero-order valence-corrected chi connectivity index (χ0v) is 17.7. The first-order valence-corrected chi connectivity index (χ1v) is 10.1. The third kappa shape index (κ3) is 5.57. The number of benzene rings is 2. The second kappa shape index (κ2) is 10.3. The first-order chi connectivity index (χ1) is 16.5. The predicted molar refractivity (Wildman–Crippen MR) is 122 cm³/mol. The standard InChI is InChI=1S/C25H18F2N4O3/c26-19-9-10-22(21(27)13-19)29-23(32)16-34-24(33)11-8-18-15-31(20-6-2-1-3-7-20)30-25(18)17-5-4-12-28-14-17/h1-15H,16H2,(H,29,32). The van der Waals surface area contributed by atoms with Crippen molar-refractivity contribution in [3.05, 3.63) is 103 Å². The van der Waals surface area contributed by atoms with Gasteiger partial charge in [0, 0.05) is 41.9 Å². The Labute approximate surface area is 193 Å². The summed E-state index contributed by atoms with van der Waals surface area (Å²) in [7, 11) is 0. The molecule has 7 nitrogen and oxygen atoms in total. The molecule has 4 rings (SSSR count). The Morgan fingerprint density at radius 2 is 1.88 bits per heavy atom. The van der Waals surface area contributed by atoms with Crippen LogP contribution in [0.1, 0.15) is 5.56 Å². The molecule has 2 aromatic carbocycles. The maximum atomic E-state index is 13.6. The molecule has 170 valence electrons. The van der Waals surface area contributed by atoms with Crippen molar-refractivity contribution in [2.24, 2.45) is 0 Å². The lowest BCUT2D eigenvalue weighted by atomic mass is 10.1. The Bertz CT molecular complexity index is 1340. The summed E-state index contributed by atoms with van der Waals surface area (Å²) >= 11 is 0. The summed E-state index contributed by atoms with van der Waals surface area (Å²) in [5.41, 5.74) is 2.61. The average molecular weight is 460 g/mol. The van der Waals surface area contributed by atoms with E-state index in [9.17, 15) is 18.4 Å². The van der Waals surface area contributed by atoms with Crippen molar-refractivity contribution in [3.8, 4) is 16.9 Å². The number of hydrogen-bond acceptors (Lipinski definition) is 5. The van der Waals surface area contributed by atoms with E-state index in [1.165, 1.54) is 6.08 Å². The van der Waals surface area contributed by atoms with Crippen LogP contribution in [0.5, 0.6) is 0 Å². The van der Waals surface area contributed by atoms with Crippen molar-refractivity contribution in [1.82, 2.24) is 14.8 Å². The minimum absolute atomic E-state index is 0.215. The number of nitrogens with zero attached hydrogens (tertiary/aromatic N) is 3. The predicted octanol–water partition coefficient (Wildman–Crippen LogP) is 4.41. The van der Waals surface area contributed by atoms with Crippen molar-refractivity contribution in [2.45, 2.75) is 0 Å². The molecule has 0 fully saturated rings. The number of aromatic nitrogens is 3. The van der Waals surface area contributed by atoms with Crippen LogP contribution in [0.25, 0.3) is 23.0 Å². The Morgan fingerprint density at radius 1 is 1.06 bits per heavy atom. The summed E-state index contributed by atoms with van der Waals surface area (Å²) in [6, 6.07) is 15.8. The lowest BCUT2D eigenvalue weighted by Gasteiger charge is -2.06. The number of pyridine rings is 1.